The summed E-state index contributed by atoms with van der Waals surface area (Å²) in [6, 6.07) is 2.65. The number of ether oxygens (including phenoxy) is 1. The third-order valence-corrected chi connectivity index (χ3v) is 3.87. The zero-order valence-electron chi connectivity index (χ0n) is 12.6. The second-order valence-electron chi connectivity index (χ2n) is 5.23. The summed E-state index contributed by atoms with van der Waals surface area (Å²) in [6.07, 6.45) is 1.27. The van der Waals surface area contributed by atoms with E-state index in [1.807, 2.05) is 0 Å². The van der Waals surface area contributed by atoms with E-state index in [0.29, 0.717) is 19.4 Å². The van der Waals surface area contributed by atoms with E-state index >= 15 is 0 Å². The maximum absolute atomic E-state index is 13.5. The number of amides is 1. The molecule has 0 saturated carbocycles. The molecule has 1 saturated heterocycles. The van der Waals surface area contributed by atoms with Gasteiger partial charge in [0, 0.05) is 37.9 Å². The Balaban J connectivity index is 0.00000264. The van der Waals surface area contributed by atoms with Crippen molar-refractivity contribution in [2.45, 2.75) is 25.0 Å². The van der Waals surface area contributed by atoms with E-state index in [1.165, 1.54) is 4.90 Å². The smallest absolute Gasteiger partial charge is 0.273 e. The van der Waals surface area contributed by atoms with Gasteiger partial charge in [0.1, 0.15) is 5.82 Å². The summed E-state index contributed by atoms with van der Waals surface area (Å²) < 4.78 is 18.8. The number of halogens is 2. The number of carbonyl (C=O) groups excluding carboxylic acids is 1. The number of nitro benzene ring substituents is 1. The van der Waals surface area contributed by atoms with Crippen molar-refractivity contribution in [2.75, 3.05) is 20.2 Å². The summed E-state index contributed by atoms with van der Waals surface area (Å²) in [5, 5.41) is 10.8. The predicted octanol–water partition coefficient (Wildman–Crippen LogP) is 1.73. The van der Waals surface area contributed by atoms with Crippen LogP contribution >= 0.6 is 12.4 Å². The molecule has 1 aliphatic rings. The number of hydrogen-bond donors (Lipinski definition) is 1. The number of hydrogen-bond acceptors (Lipinski definition) is 5. The minimum atomic E-state index is -0.811. The normalized spacial score (nSPS) is 20.7. The van der Waals surface area contributed by atoms with Crippen LogP contribution in [0.1, 0.15) is 23.2 Å². The number of carbonyl (C=O) groups is 1. The SMILES string of the molecule is COC1CCN(C(=O)c2cc(F)cc([N+](=O)[O-])c2)C(CN)C1.Cl. The third-order valence-electron chi connectivity index (χ3n) is 3.87. The number of nitrogens with zero attached hydrogens (tertiary/aromatic N) is 2. The van der Waals surface area contributed by atoms with Crippen LogP contribution < -0.4 is 5.73 Å². The highest BCUT2D eigenvalue weighted by Gasteiger charge is 2.32. The van der Waals surface area contributed by atoms with Crippen LogP contribution in [0.4, 0.5) is 10.1 Å². The Morgan fingerprint density at radius 1 is 1.52 bits per heavy atom. The summed E-state index contributed by atoms with van der Waals surface area (Å²) in [6.45, 7) is 0.673. The maximum Gasteiger partial charge on any atom is 0.273 e. The molecule has 0 radical (unpaired) electrons. The first-order valence-corrected chi connectivity index (χ1v) is 6.95. The summed E-state index contributed by atoms with van der Waals surface area (Å²) in [5.41, 5.74) is 5.22. The lowest BCUT2D eigenvalue weighted by molar-refractivity contribution is -0.385. The van der Waals surface area contributed by atoms with Crippen molar-refractivity contribution in [1.29, 1.82) is 0 Å². The third kappa shape index (κ3) is 4.37. The van der Waals surface area contributed by atoms with Crippen LogP contribution in [0, 0.1) is 15.9 Å². The lowest BCUT2D eigenvalue weighted by atomic mass is 9.98. The Labute approximate surface area is 139 Å². The van der Waals surface area contributed by atoms with Crippen LogP contribution in [0.15, 0.2) is 18.2 Å². The molecule has 0 aliphatic carbocycles. The topological polar surface area (TPSA) is 98.7 Å². The summed E-state index contributed by atoms with van der Waals surface area (Å²) in [7, 11) is 1.60. The first-order chi connectivity index (χ1) is 10.5. The van der Waals surface area contributed by atoms with Crippen LogP contribution in [-0.4, -0.2) is 48.1 Å². The monoisotopic (exact) mass is 347 g/mol. The number of rotatable bonds is 4. The first-order valence-electron chi connectivity index (χ1n) is 6.95. The molecule has 2 N–H and O–H groups in total. The molecule has 2 rings (SSSR count). The molecule has 7 nitrogen and oxygen atoms in total. The Hall–Kier alpha value is -1.77. The van der Waals surface area contributed by atoms with Gasteiger partial charge in [0.25, 0.3) is 11.6 Å². The average Bonchev–Trinajstić information content (AvgIpc) is 2.52. The van der Waals surface area contributed by atoms with Crippen molar-refractivity contribution in [3.05, 3.63) is 39.7 Å². The van der Waals surface area contributed by atoms with E-state index in [-0.39, 0.29) is 36.7 Å². The van der Waals surface area contributed by atoms with E-state index in [2.05, 4.69) is 0 Å². The fourth-order valence-electron chi connectivity index (χ4n) is 2.69. The summed E-state index contributed by atoms with van der Waals surface area (Å²) in [4.78, 5) is 24.1. The largest absolute Gasteiger partial charge is 0.381 e. The molecule has 9 heteroatoms. The van der Waals surface area contributed by atoms with E-state index in [1.54, 1.807) is 7.11 Å². The zero-order valence-corrected chi connectivity index (χ0v) is 13.4. The van der Waals surface area contributed by atoms with Crippen molar-refractivity contribution in [2.24, 2.45) is 5.73 Å². The van der Waals surface area contributed by atoms with Crippen LogP contribution in [0.2, 0.25) is 0 Å². The number of methoxy groups -OCH3 is 1. The van der Waals surface area contributed by atoms with Gasteiger partial charge in [-0.25, -0.2) is 4.39 Å². The molecule has 0 spiro atoms. The van der Waals surface area contributed by atoms with Crippen LogP contribution in [0.25, 0.3) is 0 Å². The van der Waals surface area contributed by atoms with E-state index in [0.717, 1.165) is 18.2 Å². The number of nitro groups is 1. The lowest BCUT2D eigenvalue weighted by Crippen LogP contribution is -2.51. The molecule has 128 valence electrons. The van der Waals surface area contributed by atoms with Gasteiger partial charge in [0.05, 0.1) is 17.1 Å². The molecule has 23 heavy (non-hydrogen) atoms. The van der Waals surface area contributed by atoms with E-state index < -0.39 is 22.3 Å². The second kappa shape index (κ2) is 8.19. The quantitative estimate of drug-likeness (QED) is 0.660. The molecule has 1 aliphatic heterocycles. The fraction of sp³-hybridized carbons (Fsp3) is 0.500. The van der Waals surface area contributed by atoms with Gasteiger partial charge in [-0.3, -0.25) is 14.9 Å². The minimum absolute atomic E-state index is 0. The number of nitrogens with two attached hydrogens (primary N) is 1. The van der Waals surface area contributed by atoms with Crippen molar-refractivity contribution in [3.63, 3.8) is 0 Å². The highest BCUT2D eigenvalue weighted by Crippen LogP contribution is 2.23. The Kier molecular flexibility index (Phi) is 6.86. The van der Waals surface area contributed by atoms with Gasteiger partial charge in [-0.1, -0.05) is 0 Å². The molecule has 0 aromatic heterocycles. The summed E-state index contributed by atoms with van der Waals surface area (Å²) in [5.74, 6) is -1.26. The van der Waals surface area contributed by atoms with Gasteiger partial charge < -0.3 is 15.4 Å². The molecule has 1 aromatic rings. The number of non-ortho nitro benzene ring substituents is 1. The van der Waals surface area contributed by atoms with Crippen molar-refractivity contribution in [3.8, 4) is 0 Å². The van der Waals surface area contributed by atoms with Gasteiger partial charge >= 0.3 is 0 Å². The molecule has 1 heterocycles. The number of likely N-dealkylation sites (tertiary alicyclic amines) is 1. The van der Waals surface area contributed by atoms with Crippen LogP contribution in [-0.2, 0) is 4.74 Å². The van der Waals surface area contributed by atoms with Gasteiger partial charge in [-0.15, -0.1) is 12.4 Å². The average molecular weight is 348 g/mol. The lowest BCUT2D eigenvalue weighted by Gasteiger charge is -2.38. The molecular formula is C14H19ClFN3O4. The molecule has 0 bridgehead atoms. The van der Waals surface area contributed by atoms with E-state index in [4.69, 9.17) is 10.5 Å². The molecule has 2 atom stereocenters. The molecule has 1 amide bonds. The first kappa shape index (κ1) is 19.3. The van der Waals surface area contributed by atoms with Crippen LogP contribution in [0.3, 0.4) is 0 Å². The summed E-state index contributed by atoms with van der Waals surface area (Å²) >= 11 is 0. The highest BCUT2D eigenvalue weighted by molar-refractivity contribution is 5.95. The molecule has 2 unspecified atom stereocenters. The minimum Gasteiger partial charge on any atom is -0.381 e. The van der Waals surface area contributed by atoms with Crippen molar-refractivity contribution >= 4 is 24.0 Å². The Bertz CT molecular complexity index is 587. The predicted molar refractivity (Wildman–Crippen MR) is 84.2 cm³/mol. The highest BCUT2D eigenvalue weighted by atomic mass is 35.5. The number of benzene rings is 1. The molecule has 1 fully saturated rings. The second-order valence-corrected chi connectivity index (χ2v) is 5.23. The van der Waals surface area contributed by atoms with Crippen molar-refractivity contribution in [1.82, 2.24) is 4.90 Å². The van der Waals surface area contributed by atoms with Gasteiger partial charge in [0.15, 0.2) is 0 Å². The van der Waals surface area contributed by atoms with Gasteiger partial charge in [-0.2, -0.15) is 0 Å². The van der Waals surface area contributed by atoms with Crippen molar-refractivity contribution < 1.29 is 18.8 Å². The molecular weight excluding hydrogens is 329 g/mol. The van der Waals surface area contributed by atoms with Gasteiger partial charge in [-0.05, 0) is 18.9 Å². The van der Waals surface area contributed by atoms with Gasteiger partial charge in [0.2, 0.25) is 0 Å². The Morgan fingerprint density at radius 2 is 2.22 bits per heavy atom. The van der Waals surface area contributed by atoms with Crippen LogP contribution in [0.5, 0.6) is 0 Å². The maximum atomic E-state index is 13.5. The fourth-order valence-corrected chi connectivity index (χ4v) is 2.69. The Morgan fingerprint density at radius 3 is 2.78 bits per heavy atom. The molecule has 1 aromatic carbocycles. The van der Waals surface area contributed by atoms with E-state index in [9.17, 15) is 19.3 Å². The zero-order chi connectivity index (χ0) is 16.3. The standard InChI is InChI=1S/C14H18FN3O4.ClH/c1-22-13-2-3-17(12(7-13)8-16)14(19)9-4-10(15)6-11(5-9)18(20)21;/h4-6,12-13H,2-3,7-8,16H2,1H3;1H. The number of piperidine rings is 1.